The van der Waals surface area contributed by atoms with E-state index in [9.17, 15) is 18.4 Å². The third-order valence-electron chi connectivity index (χ3n) is 4.66. The molecule has 4 nitrogen and oxygen atoms in total. The summed E-state index contributed by atoms with van der Waals surface area (Å²) in [6, 6.07) is 8.11. The van der Waals surface area contributed by atoms with Gasteiger partial charge < -0.3 is 10.6 Å². The predicted octanol–water partition coefficient (Wildman–Crippen LogP) is 2.62. The van der Waals surface area contributed by atoms with Gasteiger partial charge in [-0.1, -0.05) is 12.1 Å². The molecule has 136 valence electrons. The molecule has 0 unspecified atom stereocenters. The van der Waals surface area contributed by atoms with Gasteiger partial charge in [0.2, 0.25) is 5.91 Å². The number of benzene rings is 2. The van der Waals surface area contributed by atoms with E-state index >= 15 is 0 Å². The van der Waals surface area contributed by atoms with Crippen molar-refractivity contribution in [3.8, 4) is 0 Å². The van der Waals surface area contributed by atoms with Gasteiger partial charge in [0.25, 0.3) is 0 Å². The maximum atomic E-state index is 13.7. The Kier molecular flexibility index (Phi) is 5.42. The van der Waals surface area contributed by atoms with Gasteiger partial charge in [-0.05, 0) is 53.8 Å². The van der Waals surface area contributed by atoms with Crippen molar-refractivity contribution in [1.29, 1.82) is 0 Å². The molecule has 1 heterocycles. The summed E-state index contributed by atoms with van der Waals surface area (Å²) in [6.07, 6.45) is 1.65. The van der Waals surface area contributed by atoms with Gasteiger partial charge in [0.05, 0.1) is 0 Å². The number of nitrogens with zero attached hydrogens (tertiary/aromatic N) is 1. The highest BCUT2D eigenvalue weighted by atomic mass is 19.1. The highest BCUT2D eigenvalue weighted by Gasteiger charge is 2.23. The van der Waals surface area contributed by atoms with E-state index in [2.05, 4.69) is 0 Å². The van der Waals surface area contributed by atoms with E-state index < -0.39 is 17.7 Å². The fourth-order valence-electron chi connectivity index (χ4n) is 3.27. The Morgan fingerprint density at radius 2 is 2.00 bits per heavy atom. The fourth-order valence-corrected chi connectivity index (χ4v) is 3.27. The normalized spacial score (nSPS) is 14.7. The second-order valence-electron chi connectivity index (χ2n) is 6.62. The van der Waals surface area contributed by atoms with Crippen molar-refractivity contribution in [3.63, 3.8) is 0 Å². The second-order valence-corrected chi connectivity index (χ2v) is 6.62. The molecule has 0 bridgehead atoms. The molecule has 26 heavy (non-hydrogen) atoms. The zero-order valence-electron chi connectivity index (χ0n) is 14.3. The monoisotopic (exact) mass is 358 g/mol. The Labute approximate surface area is 150 Å². The largest absolute Gasteiger partial charge is 0.338 e. The van der Waals surface area contributed by atoms with Gasteiger partial charge in [0.1, 0.15) is 17.9 Å². The molecule has 1 aliphatic rings. The SMILES string of the molecule is N[C@@H](CC(=O)N1CCc2ccc(C=O)cc2C1)Cc1cc(F)ccc1F. The first-order valence-corrected chi connectivity index (χ1v) is 8.50. The quantitative estimate of drug-likeness (QED) is 0.836. The lowest BCUT2D eigenvalue weighted by atomic mass is 9.96. The fraction of sp³-hybridized carbons (Fsp3) is 0.300. The molecule has 1 atom stereocenters. The van der Waals surface area contributed by atoms with E-state index in [0.29, 0.717) is 25.1 Å². The van der Waals surface area contributed by atoms with Crippen LogP contribution in [0.1, 0.15) is 33.5 Å². The number of rotatable bonds is 5. The molecule has 0 fully saturated rings. The first-order chi connectivity index (χ1) is 12.5. The van der Waals surface area contributed by atoms with Crippen LogP contribution in [0.4, 0.5) is 8.78 Å². The Balaban J connectivity index is 1.62. The van der Waals surface area contributed by atoms with Gasteiger partial charge in [-0.3, -0.25) is 9.59 Å². The maximum absolute atomic E-state index is 13.7. The van der Waals surface area contributed by atoms with Crippen LogP contribution in [0, 0.1) is 11.6 Å². The number of carbonyl (C=O) groups excluding carboxylic acids is 2. The molecule has 0 aromatic heterocycles. The van der Waals surface area contributed by atoms with Crippen LogP contribution in [0.25, 0.3) is 0 Å². The van der Waals surface area contributed by atoms with Crippen LogP contribution >= 0.6 is 0 Å². The van der Waals surface area contributed by atoms with Crippen LogP contribution in [0.5, 0.6) is 0 Å². The van der Waals surface area contributed by atoms with E-state index in [1.807, 2.05) is 6.07 Å². The third-order valence-corrected chi connectivity index (χ3v) is 4.66. The number of hydrogen-bond acceptors (Lipinski definition) is 3. The molecule has 6 heteroatoms. The summed E-state index contributed by atoms with van der Waals surface area (Å²) in [7, 11) is 0. The molecule has 2 N–H and O–H groups in total. The summed E-state index contributed by atoms with van der Waals surface area (Å²) in [5, 5.41) is 0. The molecule has 0 saturated heterocycles. The molecule has 1 amide bonds. The van der Waals surface area contributed by atoms with E-state index in [-0.39, 0.29) is 24.3 Å². The van der Waals surface area contributed by atoms with Crippen LogP contribution < -0.4 is 5.73 Å². The van der Waals surface area contributed by atoms with Crippen molar-refractivity contribution in [1.82, 2.24) is 4.90 Å². The lowest BCUT2D eigenvalue weighted by Gasteiger charge is -2.30. The smallest absolute Gasteiger partial charge is 0.224 e. The van der Waals surface area contributed by atoms with E-state index in [1.54, 1.807) is 17.0 Å². The van der Waals surface area contributed by atoms with Gasteiger partial charge in [-0.2, -0.15) is 0 Å². The number of amides is 1. The van der Waals surface area contributed by atoms with Gasteiger partial charge in [-0.25, -0.2) is 8.78 Å². The number of fused-ring (bicyclic) bond motifs is 1. The summed E-state index contributed by atoms with van der Waals surface area (Å²) >= 11 is 0. The molecule has 0 radical (unpaired) electrons. The van der Waals surface area contributed by atoms with Crippen molar-refractivity contribution >= 4 is 12.2 Å². The molecular weight excluding hydrogens is 338 g/mol. The Morgan fingerprint density at radius 1 is 1.19 bits per heavy atom. The summed E-state index contributed by atoms with van der Waals surface area (Å²) < 4.78 is 27.0. The second kappa shape index (κ2) is 7.74. The Hall–Kier alpha value is -2.60. The van der Waals surface area contributed by atoms with Crippen LogP contribution in [0.2, 0.25) is 0 Å². The number of aldehydes is 1. The minimum atomic E-state index is -0.596. The lowest BCUT2D eigenvalue weighted by Crippen LogP contribution is -2.39. The minimum absolute atomic E-state index is 0.0542. The van der Waals surface area contributed by atoms with Crippen LogP contribution in [-0.4, -0.2) is 29.7 Å². The molecule has 0 aliphatic carbocycles. The van der Waals surface area contributed by atoms with Crippen molar-refractivity contribution < 1.29 is 18.4 Å². The predicted molar refractivity (Wildman–Crippen MR) is 93.6 cm³/mol. The highest BCUT2D eigenvalue weighted by Crippen LogP contribution is 2.21. The Morgan fingerprint density at radius 3 is 2.77 bits per heavy atom. The molecule has 2 aromatic rings. The van der Waals surface area contributed by atoms with E-state index in [1.165, 1.54) is 0 Å². The zero-order chi connectivity index (χ0) is 18.7. The average molecular weight is 358 g/mol. The number of hydrogen-bond donors (Lipinski definition) is 1. The first kappa shape index (κ1) is 18.2. The molecule has 2 aromatic carbocycles. The molecular formula is C20H20F2N2O2. The van der Waals surface area contributed by atoms with Gasteiger partial charge >= 0.3 is 0 Å². The summed E-state index contributed by atoms with van der Waals surface area (Å²) in [6.45, 7) is 1.00. The third kappa shape index (κ3) is 4.14. The average Bonchev–Trinajstić information content (AvgIpc) is 2.63. The maximum Gasteiger partial charge on any atom is 0.224 e. The van der Waals surface area contributed by atoms with E-state index in [4.69, 9.17) is 5.73 Å². The molecule has 3 rings (SSSR count). The van der Waals surface area contributed by atoms with Gasteiger partial charge in [0.15, 0.2) is 0 Å². The minimum Gasteiger partial charge on any atom is -0.338 e. The van der Waals surface area contributed by atoms with Crippen LogP contribution in [0.15, 0.2) is 36.4 Å². The van der Waals surface area contributed by atoms with Crippen LogP contribution in [0.3, 0.4) is 0 Å². The standard InChI is InChI=1S/C20H20F2N2O2/c21-17-3-4-19(22)15(8-17)9-18(23)10-20(26)24-6-5-14-2-1-13(12-25)7-16(14)11-24/h1-4,7-8,12,18H,5-6,9-11,23H2/t18-/m1/s1. The van der Waals surface area contributed by atoms with Gasteiger partial charge in [0, 0.05) is 31.1 Å². The van der Waals surface area contributed by atoms with Crippen molar-refractivity contribution in [2.24, 2.45) is 5.73 Å². The Bertz CT molecular complexity index is 839. The number of nitrogens with two attached hydrogens (primary N) is 1. The van der Waals surface area contributed by atoms with E-state index in [0.717, 1.165) is 35.6 Å². The summed E-state index contributed by atoms with van der Waals surface area (Å²) in [4.78, 5) is 25.1. The molecule has 1 aliphatic heterocycles. The van der Waals surface area contributed by atoms with Gasteiger partial charge in [-0.15, -0.1) is 0 Å². The van der Waals surface area contributed by atoms with Crippen molar-refractivity contribution in [3.05, 3.63) is 70.3 Å². The first-order valence-electron chi connectivity index (χ1n) is 8.50. The van der Waals surface area contributed by atoms with Crippen molar-refractivity contribution in [2.45, 2.75) is 31.8 Å². The topological polar surface area (TPSA) is 63.4 Å². The molecule has 0 spiro atoms. The lowest BCUT2D eigenvalue weighted by molar-refractivity contribution is -0.132. The summed E-state index contributed by atoms with van der Waals surface area (Å²) in [5.41, 5.74) is 8.83. The van der Waals surface area contributed by atoms with Crippen LogP contribution in [-0.2, 0) is 24.2 Å². The summed E-state index contributed by atoms with van der Waals surface area (Å²) in [5.74, 6) is -1.18. The number of halogens is 2. The molecule has 0 saturated carbocycles. The number of carbonyl (C=O) groups is 2. The van der Waals surface area contributed by atoms with Crippen molar-refractivity contribution in [2.75, 3.05) is 6.54 Å². The zero-order valence-corrected chi connectivity index (χ0v) is 14.3. The highest BCUT2D eigenvalue weighted by molar-refractivity contribution is 5.78.